The van der Waals surface area contributed by atoms with Crippen LogP contribution in [-0.4, -0.2) is 33.3 Å². The van der Waals surface area contributed by atoms with Crippen LogP contribution < -0.4 is 15.7 Å². The van der Waals surface area contributed by atoms with Crippen LogP contribution in [0.25, 0.3) is 11.3 Å². The summed E-state index contributed by atoms with van der Waals surface area (Å²) in [7, 11) is 1.33. The zero-order chi connectivity index (χ0) is 21.7. The van der Waals surface area contributed by atoms with Crippen molar-refractivity contribution >= 4 is 17.9 Å². The van der Waals surface area contributed by atoms with Crippen molar-refractivity contribution < 1.29 is 14.8 Å². The molecule has 0 bridgehead atoms. The highest BCUT2D eigenvalue weighted by atomic mass is 16.6. The van der Waals surface area contributed by atoms with E-state index in [1.165, 1.54) is 13.2 Å². The van der Waals surface area contributed by atoms with Crippen LogP contribution in [0.5, 0.6) is 11.5 Å². The van der Waals surface area contributed by atoms with Gasteiger partial charge in [0.25, 0.3) is 5.56 Å². The van der Waals surface area contributed by atoms with Gasteiger partial charge in [-0.25, -0.2) is 10.4 Å². The third-order valence-electron chi connectivity index (χ3n) is 3.98. The van der Waals surface area contributed by atoms with Crippen molar-refractivity contribution in [1.29, 1.82) is 5.26 Å². The number of anilines is 1. The number of phenolic OH excluding ortho intramolecular Hbond substituents is 1. The Bertz CT molecular complexity index is 1230. The summed E-state index contributed by atoms with van der Waals surface area (Å²) in [6.07, 6.45) is 1.10. The molecule has 1 heterocycles. The van der Waals surface area contributed by atoms with Gasteiger partial charge < -0.3 is 9.84 Å². The lowest BCUT2D eigenvalue weighted by atomic mass is 10.1. The number of ether oxygens (including phenoxy) is 1. The second-order valence-corrected chi connectivity index (χ2v) is 5.83. The molecule has 150 valence electrons. The van der Waals surface area contributed by atoms with Crippen LogP contribution in [0.1, 0.15) is 11.1 Å². The molecule has 0 aliphatic carbocycles. The molecule has 30 heavy (non-hydrogen) atoms. The minimum absolute atomic E-state index is 0.00725. The Morgan fingerprint density at radius 3 is 2.73 bits per heavy atom. The van der Waals surface area contributed by atoms with Crippen molar-refractivity contribution in [3.63, 3.8) is 0 Å². The van der Waals surface area contributed by atoms with Gasteiger partial charge in [0.15, 0.2) is 0 Å². The normalized spacial score (nSPS) is 10.5. The number of nitrogens with zero attached hydrogens (tertiary/aromatic N) is 4. The number of hydrogen-bond donors (Lipinski definition) is 3. The number of rotatable bonds is 6. The largest absolute Gasteiger partial charge is 0.502 e. The maximum atomic E-state index is 12.2. The number of nitriles is 1. The second kappa shape index (κ2) is 8.53. The van der Waals surface area contributed by atoms with E-state index in [1.54, 1.807) is 30.3 Å². The molecule has 0 amide bonds. The van der Waals surface area contributed by atoms with Crippen LogP contribution in [-0.2, 0) is 0 Å². The molecule has 2 aromatic carbocycles. The maximum Gasteiger partial charge on any atom is 0.315 e. The van der Waals surface area contributed by atoms with E-state index in [-0.39, 0.29) is 28.5 Å². The van der Waals surface area contributed by atoms with E-state index in [4.69, 9.17) is 4.74 Å². The SMILES string of the molecule is COc1cc(C=NNc2nc(-c3ccccc3)c(C#N)c(=O)[nH]2)c(O)c([N+](=O)[O-])c1. The fourth-order valence-corrected chi connectivity index (χ4v) is 2.57. The molecule has 3 N–H and O–H groups in total. The molecule has 0 aliphatic heterocycles. The van der Waals surface area contributed by atoms with Crippen molar-refractivity contribution in [3.05, 3.63) is 74.1 Å². The molecule has 0 spiro atoms. The van der Waals surface area contributed by atoms with Gasteiger partial charge in [-0.2, -0.15) is 10.4 Å². The lowest BCUT2D eigenvalue weighted by Crippen LogP contribution is -2.16. The number of hydrogen-bond acceptors (Lipinski definition) is 9. The number of phenols is 1. The number of methoxy groups -OCH3 is 1. The van der Waals surface area contributed by atoms with Gasteiger partial charge >= 0.3 is 5.69 Å². The first-order chi connectivity index (χ1) is 14.4. The molecule has 0 saturated heterocycles. The van der Waals surface area contributed by atoms with Crippen LogP contribution in [0, 0.1) is 21.4 Å². The minimum Gasteiger partial charge on any atom is -0.502 e. The number of nitrogens with one attached hydrogen (secondary N) is 2. The lowest BCUT2D eigenvalue weighted by molar-refractivity contribution is -0.385. The van der Waals surface area contributed by atoms with Gasteiger partial charge in [0.05, 0.1) is 30.0 Å². The molecular formula is C19H14N6O5. The number of H-pyrrole nitrogens is 1. The number of nitro benzene ring substituents is 1. The van der Waals surface area contributed by atoms with Gasteiger partial charge in [0.1, 0.15) is 17.4 Å². The van der Waals surface area contributed by atoms with Gasteiger partial charge in [0.2, 0.25) is 11.7 Å². The molecule has 11 nitrogen and oxygen atoms in total. The van der Waals surface area contributed by atoms with Gasteiger partial charge in [-0.3, -0.25) is 19.9 Å². The van der Waals surface area contributed by atoms with E-state index in [0.717, 1.165) is 12.3 Å². The highest BCUT2D eigenvalue weighted by Crippen LogP contribution is 2.33. The molecule has 0 aliphatic rings. The Morgan fingerprint density at radius 2 is 2.10 bits per heavy atom. The molecule has 3 aromatic rings. The molecule has 0 atom stereocenters. The Kier molecular flexibility index (Phi) is 5.69. The highest BCUT2D eigenvalue weighted by molar-refractivity contribution is 5.87. The zero-order valence-corrected chi connectivity index (χ0v) is 15.5. The molecule has 3 rings (SSSR count). The maximum absolute atomic E-state index is 12.2. The number of aromatic hydroxyl groups is 1. The first kappa shape index (κ1) is 20.0. The number of aromatic amines is 1. The quantitative estimate of drug-likeness (QED) is 0.319. The molecule has 1 aromatic heterocycles. The summed E-state index contributed by atoms with van der Waals surface area (Å²) in [5.41, 5.74) is 1.85. The van der Waals surface area contributed by atoms with Crippen LogP contribution >= 0.6 is 0 Å². The first-order valence-corrected chi connectivity index (χ1v) is 8.39. The summed E-state index contributed by atoms with van der Waals surface area (Å²) in [6, 6.07) is 12.9. The summed E-state index contributed by atoms with van der Waals surface area (Å²) < 4.78 is 4.98. The average Bonchev–Trinajstić information content (AvgIpc) is 2.75. The van der Waals surface area contributed by atoms with Crippen LogP contribution in [0.3, 0.4) is 0 Å². The molecule has 11 heteroatoms. The Morgan fingerprint density at radius 1 is 1.37 bits per heavy atom. The van der Waals surface area contributed by atoms with Gasteiger partial charge in [0, 0.05) is 11.1 Å². The van der Waals surface area contributed by atoms with E-state index in [1.807, 2.05) is 6.07 Å². The molecule has 0 unspecified atom stereocenters. The monoisotopic (exact) mass is 406 g/mol. The van der Waals surface area contributed by atoms with Crippen LogP contribution in [0.15, 0.2) is 52.4 Å². The summed E-state index contributed by atoms with van der Waals surface area (Å²) in [6.45, 7) is 0. The summed E-state index contributed by atoms with van der Waals surface area (Å²) in [5.74, 6) is -0.513. The van der Waals surface area contributed by atoms with Crippen molar-refractivity contribution in [2.24, 2.45) is 5.10 Å². The van der Waals surface area contributed by atoms with Crippen molar-refractivity contribution in [2.45, 2.75) is 0 Å². The number of benzene rings is 2. The zero-order valence-electron chi connectivity index (χ0n) is 15.5. The van der Waals surface area contributed by atoms with Crippen molar-refractivity contribution in [1.82, 2.24) is 9.97 Å². The highest BCUT2D eigenvalue weighted by Gasteiger charge is 2.19. The summed E-state index contributed by atoms with van der Waals surface area (Å²) in [5, 5.41) is 34.2. The average molecular weight is 406 g/mol. The number of hydrazone groups is 1. The van der Waals surface area contributed by atoms with E-state index in [9.17, 15) is 25.3 Å². The minimum atomic E-state index is -0.756. The Labute approximate surface area is 169 Å². The number of nitro groups is 1. The molecular weight excluding hydrogens is 392 g/mol. The summed E-state index contributed by atoms with van der Waals surface area (Å²) in [4.78, 5) is 29.1. The van der Waals surface area contributed by atoms with Gasteiger partial charge in [-0.1, -0.05) is 30.3 Å². The van der Waals surface area contributed by atoms with E-state index >= 15 is 0 Å². The third-order valence-corrected chi connectivity index (χ3v) is 3.98. The number of aromatic nitrogens is 2. The van der Waals surface area contributed by atoms with E-state index in [2.05, 4.69) is 20.5 Å². The third kappa shape index (κ3) is 4.07. The fraction of sp³-hybridized carbons (Fsp3) is 0.0526. The molecule has 0 radical (unpaired) electrons. The predicted molar refractivity (Wildman–Crippen MR) is 108 cm³/mol. The molecule has 0 saturated carbocycles. The summed E-state index contributed by atoms with van der Waals surface area (Å²) >= 11 is 0. The second-order valence-electron chi connectivity index (χ2n) is 5.83. The first-order valence-electron chi connectivity index (χ1n) is 8.39. The van der Waals surface area contributed by atoms with E-state index < -0.39 is 21.9 Å². The van der Waals surface area contributed by atoms with Gasteiger partial charge in [-0.05, 0) is 6.07 Å². The van der Waals surface area contributed by atoms with Crippen LogP contribution in [0.4, 0.5) is 11.6 Å². The Balaban J connectivity index is 1.95. The Hall–Kier alpha value is -4.72. The lowest BCUT2D eigenvalue weighted by Gasteiger charge is -2.06. The predicted octanol–water partition coefficient (Wildman–Crippen LogP) is 2.38. The van der Waals surface area contributed by atoms with Crippen LogP contribution in [0.2, 0.25) is 0 Å². The van der Waals surface area contributed by atoms with Gasteiger partial charge in [-0.15, -0.1) is 0 Å². The smallest absolute Gasteiger partial charge is 0.315 e. The van der Waals surface area contributed by atoms with E-state index in [0.29, 0.717) is 5.56 Å². The molecule has 0 fully saturated rings. The van der Waals surface area contributed by atoms with Crippen molar-refractivity contribution in [3.8, 4) is 28.8 Å². The topological polar surface area (TPSA) is 167 Å². The van der Waals surface area contributed by atoms with Crippen molar-refractivity contribution in [2.75, 3.05) is 12.5 Å². The fourth-order valence-electron chi connectivity index (χ4n) is 2.57. The standard InChI is InChI=1S/C19H14N6O5/c1-30-13-7-12(17(26)15(8-13)25(28)29)10-21-24-19-22-16(11-5-3-2-4-6-11)14(9-20)18(27)23-19/h2-8,10,26H,1H3,(H2,22,23,24,27).